The van der Waals surface area contributed by atoms with Gasteiger partial charge in [0, 0.05) is 10.7 Å². The predicted molar refractivity (Wildman–Crippen MR) is 96.6 cm³/mol. The molecule has 0 aliphatic heterocycles. The summed E-state index contributed by atoms with van der Waals surface area (Å²) < 4.78 is 39.3. The minimum Gasteiger partial charge on any atom is -0.325 e. The molecule has 27 heavy (non-hydrogen) atoms. The standard InChI is InChI=1S/C19H16ClF3N2O2/c1-11-6-7-12(20)10-15(11)25-17(27)18(8-9-18)16(26)24-14-5-3-2-4-13(14)19(21,22)23/h2-7,10H,8-9H2,1H3,(H,24,26)(H,25,27). The maximum atomic E-state index is 13.1. The Balaban J connectivity index is 1.79. The highest BCUT2D eigenvalue weighted by atomic mass is 35.5. The Morgan fingerprint density at radius 2 is 1.59 bits per heavy atom. The van der Waals surface area contributed by atoms with Gasteiger partial charge in [-0.15, -0.1) is 0 Å². The number of aryl methyl sites for hydroxylation is 1. The number of carbonyl (C=O) groups excluding carboxylic acids is 2. The van der Waals surface area contributed by atoms with E-state index in [9.17, 15) is 22.8 Å². The fraction of sp³-hybridized carbons (Fsp3) is 0.263. The molecule has 0 radical (unpaired) electrons. The van der Waals surface area contributed by atoms with E-state index in [1.807, 2.05) is 0 Å². The van der Waals surface area contributed by atoms with Crippen molar-refractivity contribution in [2.24, 2.45) is 5.41 Å². The third kappa shape index (κ3) is 3.93. The number of anilines is 2. The normalized spacial score (nSPS) is 15.1. The second kappa shape index (κ2) is 6.88. The lowest BCUT2D eigenvalue weighted by atomic mass is 10.0. The van der Waals surface area contributed by atoms with Crippen LogP contribution in [0.3, 0.4) is 0 Å². The highest BCUT2D eigenvalue weighted by molar-refractivity contribution is 6.31. The Kier molecular flexibility index (Phi) is 4.90. The summed E-state index contributed by atoms with van der Waals surface area (Å²) in [6, 6.07) is 9.61. The summed E-state index contributed by atoms with van der Waals surface area (Å²) >= 11 is 5.92. The number of benzene rings is 2. The molecule has 0 saturated heterocycles. The Labute approximate surface area is 158 Å². The van der Waals surface area contributed by atoms with Crippen molar-refractivity contribution in [1.82, 2.24) is 0 Å². The van der Waals surface area contributed by atoms with Gasteiger partial charge in [-0.1, -0.05) is 29.8 Å². The number of hydrogen-bond donors (Lipinski definition) is 2. The fourth-order valence-electron chi connectivity index (χ4n) is 2.73. The number of nitrogens with one attached hydrogen (secondary N) is 2. The SMILES string of the molecule is Cc1ccc(Cl)cc1NC(=O)C1(C(=O)Nc2ccccc2C(F)(F)F)CC1. The fourth-order valence-corrected chi connectivity index (χ4v) is 2.91. The van der Waals surface area contributed by atoms with Crippen molar-refractivity contribution in [2.45, 2.75) is 25.9 Å². The largest absolute Gasteiger partial charge is 0.418 e. The van der Waals surface area contributed by atoms with Crippen LogP contribution in [0.1, 0.15) is 24.0 Å². The molecule has 1 saturated carbocycles. The van der Waals surface area contributed by atoms with E-state index in [1.165, 1.54) is 12.1 Å². The van der Waals surface area contributed by atoms with Gasteiger partial charge in [0.05, 0.1) is 11.3 Å². The van der Waals surface area contributed by atoms with Crippen LogP contribution in [0.5, 0.6) is 0 Å². The van der Waals surface area contributed by atoms with Crippen LogP contribution in [0.2, 0.25) is 5.02 Å². The molecule has 2 aromatic rings. The molecule has 1 aliphatic rings. The van der Waals surface area contributed by atoms with Crippen LogP contribution in [0.25, 0.3) is 0 Å². The van der Waals surface area contributed by atoms with E-state index >= 15 is 0 Å². The lowest BCUT2D eigenvalue weighted by molar-refractivity contribution is -0.137. The lowest BCUT2D eigenvalue weighted by Crippen LogP contribution is -2.36. The third-order valence-corrected chi connectivity index (χ3v) is 4.78. The van der Waals surface area contributed by atoms with Crippen molar-refractivity contribution in [3.63, 3.8) is 0 Å². The number of amides is 2. The van der Waals surface area contributed by atoms with Crippen molar-refractivity contribution in [3.8, 4) is 0 Å². The van der Waals surface area contributed by atoms with Crippen molar-refractivity contribution in [3.05, 3.63) is 58.6 Å². The number of halogens is 4. The maximum absolute atomic E-state index is 13.1. The predicted octanol–water partition coefficient (Wildman–Crippen LogP) is 5.02. The van der Waals surface area contributed by atoms with Gasteiger partial charge in [-0.2, -0.15) is 13.2 Å². The van der Waals surface area contributed by atoms with Gasteiger partial charge in [-0.05, 0) is 49.6 Å². The topological polar surface area (TPSA) is 58.2 Å². The second-order valence-electron chi connectivity index (χ2n) is 6.49. The molecule has 1 fully saturated rings. The van der Waals surface area contributed by atoms with Crippen LogP contribution < -0.4 is 10.6 Å². The summed E-state index contributed by atoms with van der Waals surface area (Å²) in [7, 11) is 0. The molecule has 3 rings (SSSR count). The van der Waals surface area contributed by atoms with Crippen molar-refractivity contribution < 1.29 is 22.8 Å². The molecule has 2 amide bonds. The molecule has 0 unspecified atom stereocenters. The number of alkyl halides is 3. The number of rotatable bonds is 4. The van der Waals surface area contributed by atoms with Gasteiger partial charge in [0.1, 0.15) is 5.41 Å². The molecule has 0 aromatic heterocycles. The van der Waals surface area contributed by atoms with Crippen LogP contribution in [0.4, 0.5) is 24.5 Å². The maximum Gasteiger partial charge on any atom is 0.418 e. The second-order valence-corrected chi connectivity index (χ2v) is 6.93. The summed E-state index contributed by atoms with van der Waals surface area (Å²) in [5, 5.41) is 5.35. The van der Waals surface area contributed by atoms with Gasteiger partial charge in [-0.3, -0.25) is 9.59 Å². The van der Waals surface area contributed by atoms with E-state index in [4.69, 9.17) is 11.6 Å². The summed E-state index contributed by atoms with van der Waals surface area (Å²) in [6.45, 7) is 1.77. The zero-order chi connectivity index (χ0) is 19.8. The first-order chi connectivity index (χ1) is 12.6. The summed E-state index contributed by atoms with van der Waals surface area (Å²) in [6.07, 6.45) is -4.09. The smallest absolute Gasteiger partial charge is 0.325 e. The van der Waals surface area contributed by atoms with E-state index in [-0.39, 0.29) is 18.5 Å². The van der Waals surface area contributed by atoms with Crippen molar-refractivity contribution in [2.75, 3.05) is 10.6 Å². The summed E-state index contributed by atoms with van der Waals surface area (Å²) in [5.74, 6) is -1.31. The molecular formula is C19H16ClF3N2O2. The summed E-state index contributed by atoms with van der Waals surface area (Å²) in [4.78, 5) is 25.2. The van der Waals surface area contributed by atoms with E-state index in [1.54, 1.807) is 25.1 Å². The average molecular weight is 397 g/mol. The molecule has 1 aliphatic carbocycles. The van der Waals surface area contributed by atoms with Gasteiger partial charge in [0.25, 0.3) is 0 Å². The molecular weight excluding hydrogens is 381 g/mol. The van der Waals surface area contributed by atoms with Gasteiger partial charge >= 0.3 is 6.18 Å². The first-order valence-electron chi connectivity index (χ1n) is 8.19. The van der Waals surface area contributed by atoms with E-state index in [0.717, 1.165) is 17.7 Å². The van der Waals surface area contributed by atoms with Gasteiger partial charge in [-0.25, -0.2) is 0 Å². The van der Waals surface area contributed by atoms with Crippen LogP contribution in [-0.4, -0.2) is 11.8 Å². The average Bonchev–Trinajstić information content (AvgIpc) is 3.39. The zero-order valence-corrected chi connectivity index (χ0v) is 15.0. The van der Waals surface area contributed by atoms with Crippen molar-refractivity contribution >= 4 is 34.8 Å². The van der Waals surface area contributed by atoms with Crippen LogP contribution >= 0.6 is 11.6 Å². The molecule has 0 bridgehead atoms. The molecule has 2 aromatic carbocycles. The number of carbonyl (C=O) groups is 2. The van der Waals surface area contributed by atoms with Crippen LogP contribution in [-0.2, 0) is 15.8 Å². The molecule has 0 spiro atoms. The highest BCUT2D eigenvalue weighted by Crippen LogP contribution is 2.48. The first kappa shape index (κ1) is 19.2. The Morgan fingerprint density at radius 3 is 2.19 bits per heavy atom. The summed E-state index contributed by atoms with van der Waals surface area (Å²) in [5.41, 5.74) is -1.49. The van der Waals surface area contributed by atoms with E-state index in [2.05, 4.69) is 10.6 Å². The minimum atomic E-state index is -4.61. The lowest BCUT2D eigenvalue weighted by Gasteiger charge is -2.18. The highest BCUT2D eigenvalue weighted by Gasteiger charge is 2.57. The Morgan fingerprint density at radius 1 is 1.00 bits per heavy atom. The van der Waals surface area contributed by atoms with Gasteiger partial charge < -0.3 is 10.6 Å². The number of hydrogen-bond acceptors (Lipinski definition) is 2. The Hall–Kier alpha value is -2.54. The molecule has 4 nitrogen and oxygen atoms in total. The third-order valence-electron chi connectivity index (χ3n) is 4.55. The molecule has 142 valence electrons. The zero-order valence-electron chi connectivity index (χ0n) is 14.3. The van der Waals surface area contributed by atoms with Crippen LogP contribution in [0.15, 0.2) is 42.5 Å². The molecule has 0 atom stereocenters. The number of para-hydroxylation sites is 1. The monoisotopic (exact) mass is 396 g/mol. The quantitative estimate of drug-likeness (QED) is 0.712. The first-order valence-corrected chi connectivity index (χ1v) is 8.56. The van der Waals surface area contributed by atoms with Gasteiger partial charge in [0.15, 0.2) is 0 Å². The van der Waals surface area contributed by atoms with Crippen molar-refractivity contribution in [1.29, 1.82) is 0 Å². The molecule has 2 N–H and O–H groups in total. The molecule has 0 heterocycles. The van der Waals surface area contributed by atoms with E-state index < -0.39 is 29.0 Å². The molecule has 8 heteroatoms. The Bertz CT molecular complexity index is 908. The van der Waals surface area contributed by atoms with E-state index in [0.29, 0.717) is 10.7 Å². The minimum absolute atomic E-state index is 0.262. The van der Waals surface area contributed by atoms with Gasteiger partial charge in [0.2, 0.25) is 11.8 Å². The van der Waals surface area contributed by atoms with Crippen LogP contribution in [0, 0.1) is 12.3 Å².